The first-order chi connectivity index (χ1) is 9.78. The number of hydrogen-bond donors (Lipinski definition) is 1. The van der Waals surface area contributed by atoms with Gasteiger partial charge < -0.3 is 10.1 Å². The number of nitrogens with one attached hydrogen (secondary N) is 1. The molecule has 1 aromatic carbocycles. The lowest BCUT2D eigenvalue weighted by molar-refractivity contribution is 0.366. The highest BCUT2D eigenvalue weighted by Gasteiger charge is 2.41. The molecule has 1 aromatic rings. The van der Waals surface area contributed by atoms with Crippen molar-refractivity contribution in [3.8, 4) is 11.8 Å². The molecule has 2 aliphatic carbocycles. The molecule has 1 atom stereocenters. The van der Waals surface area contributed by atoms with Crippen LogP contribution in [0.1, 0.15) is 44.2 Å². The van der Waals surface area contributed by atoms with Gasteiger partial charge in [0.1, 0.15) is 11.8 Å². The number of nitrogens with zero attached hydrogens (tertiary/aromatic N) is 1. The van der Waals surface area contributed by atoms with E-state index in [4.69, 9.17) is 10.00 Å². The van der Waals surface area contributed by atoms with Gasteiger partial charge in [0.05, 0.1) is 0 Å². The Bertz CT molecular complexity index is 471. The standard InChI is InChI=1S/C17H22N2O/c1-12(19-17(14-2-3-14)15-4-5-15)13-6-8-16(9-7-13)20-11-10-18/h6-9,12,14-15,17,19H,2-5,11H2,1H3. The molecule has 106 valence electrons. The van der Waals surface area contributed by atoms with E-state index in [-0.39, 0.29) is 6.61 Å². The monoisotopic (exact) mass is 270 g/mol. The molecule has 2 fully saturated rings. The van der Waals surface area contributed by atoms with Gasteiger partial charge in [-0.15, -0.1) is 0 Å². The molecule has 0 aromatic heterocycles. The molecule has 0 radical (unpaired) electrons. The Hall–Kier alpha value is -1.53. The molecular weight excluding hydrogens is 248 g/mol. The van der Waals surface area contributed by atoms with Crippen molar-refractivity contribution in [1.82, 2.24) is 5.32 Å². The van der Waals surface area contributed by atoms with Gasteiger partial charge in [-0.05, 0) is 62.1 Å². The van der Waals surface area contributed by atoms with Gasteiger partial charge >= 0.3 is 0 Å². The van der Waals surface area contributed by atoms with Crippen LogP contribution in [-0.4, -0.2) is 12.6 Å². The minimum Gasteiger partial charge on any atom is -0.479 e. The molecule has 0 aliphatic heterocycles. The zero-order valence-corrected chi connectivity index (χ0v) is 12.0. The molecule has 0 bridgehead atoms. The van der Waals surface area contributed by atoms with E-state index >= 15 is 0 Å². The first kappa shape index (κ1) is 13.5. The molecular formula is C17H22N2O. The summed E-state index contributed by atoms with van der Waals surface area (Å²) in [5.41, 5.74) is 1.29. The van der Waals surface area contributed by atoms with Crippen LogP contribution in [0, 0.1) is 23.2 Å². The first-order valence-corrected chi connectivity index (χ1v) is 7.63. The third kappa shape index (κ3) is 3.32. The van der Waals surface area contributed by atoms with Crippen molar-refractivity contribution in [3.63, 3.8) is 0 Å². The van der Waals surface area contributed by atoms with E-state index in [0.717, 1.165) is 23.6 Å². The van der Waals surface area contributed by atoms with E-state index in [1.807, 2.05) is 18.2 Å². The van der Waals surface area contributed by atoms with Crippen molar-refractivity contribution >= 4 is 0 Å². The van der Waals surface area contributed by atoms with Crippen LogP contribution in [0.2, 0.25) is 0 Å². The lowest BCUT2D eigenvalue weighted by Gasteiger charge is -2.23. The lowest BCUT2D eigenvalue weighted by Crippen LogP contribution is -2.35. The molecule has 1 N–H and O–H groups in total. The predicted molar refractivity (Wildman–Crippen MR) is 78.3 cm³/mol. The van der Waals surface area contributed by atoms with Gasteiger partial charge in [0.2, 0.25) is 0 Å². The van der Waals surface area contributed by atoms with Crippen molar-refractivity contribution in [3.05, 3.63) is 29.8 Å². The molecule has 2 saturated carbocycles. The third-order valence-electron chi connectivity index (χ3n) is 4.39. The van der Waals surface area contributed by atoms with Crippen molar-refractivity contribution < 1.29 is 4.74 Å². The molecule has 0 amide bonds. The van der Waals surface area contributed by atoms with Gasteiger partial charge in [0.25, 0.3) is 0 Å². The fourth-order valence-corrected chi connectivity index (χ4v) is 2.92. The molecule has 3 nitrogen and oxygen atoms in total. The second-order valence-corrected chi connectivity index (χ2v) is 6.10. The number of rotatable bonds is 7. The van der Waals surface area contributed by atoms with Crippen molar-refractivity contribution in [2.24, 2.45) is 11.8 Å². The summed E-state index contributed by atoms with van der Waals surface area (Å²) in [6.07, 6.45) is 5.62. The Labute approximate surface area is 120 Å². The van der Waals surface area contributed by atoms with Crippen LogP contribution in [0.4, 0.5) is 0 Å². The first-order valence-electron chi connectivity index (χ1n) is 7.63. The summed E-state index contributed by atoms with van der Waals surface area (Å²) in [5.74, 6) is 2.61. The van der Waals surface area contributed by atoms with Gasteiger partial charge in [-0.1, -0.05) is 12.1 Å². The van der Waals surface area contributed by atoms with Gasteiger partial charge in [0, 0.05) is 12.1 Å². The SMILES string of the molecule is CC(NC(C1CC1)C1CC1)c1ccc(OCC#N)cc1. The summed E-state index contributed by atoms with van der Waals surface area (Å²) in [6, 6.07) is 11.2. The van der Waals surface area contributed by atoms with Crippen LogP contribution < -0.4 is 10.1 Å². The second-order valence-electron chi connectivity index (χ2n) is 6.10. The van der Waals surface area contributed by atoms with E-state index in [1.165, 1.54) is 31.2 Å². The molecule has 0 spiro atoms. The van der Waals surface area contributed by atoms with Gasteiger partial charge in [0.15, 0.2) is 6.61 Å². The maximum Gasteiger partial charge on any atom is 0.174 e. The summed E-state index contributed by atoms with van der Waals surface area (Å²) in [4.78, 5) is 0. The zero-order valence-electron chi connectivity index (χ0n) is 12.0. The summed E-state index contributed by atoms with van der Waals surface area (Å²) in [7, 11) is 0. The van der Waals surface area contributed by atoms with Crippen LogP contribution in [0.5, 0.6) is 5.75 Å². The highest BCUT2D eigenvalue weighted by molar-refractivity contribution is 5.29. The fraction of sp³-hybridized carbons (Fsp3) is 0.588. The van der Waals surface area contributed by atoms with E-state index in [2.05, 4.69) is 24.4 Å². The average Bonchev–Trinajstić information content (AvgIpc) is 3.36. The highest BCUT2D eigenvalue weighted by atomic mass is 16.5. The number of hydrogen-bond acceptors (Lipinski definition) is 3. The van der Waals surface area contributed by atoms with Crippen LogP contribution in [0.3, 0.4) is 0 Å². The Balaban J connectivity index is 1.58. The summed E-state index contributed by atoms with van der Waals surface area (Å²) < 4.78 is 5.29. The van der Waals surface area contributed by atoms with E-state index < -0.39 is 0 Å². The van der Waals surface area contributed by atoms with E-state index in [0.29, 0.717) is 6.04 Å². The molecule has 3 rings (SSSR count). The largest absolute Gasteiger partial charge is 0.479 e. The highest BCUT2D eigenvalue weighted by Crippen LogP contribution is 2.45. The Kier molecular flexibility index (Phi) is 3.93. The van der Waals surface area contributed by atoms with Crippen LogP contribution in [-0.2, 0) is 0 Å². The lowest BCUT2D eigenvalue weighted by atomic mass is 10.0. The second kappa shape index (κ2) is 5.85. The summed E-state index contributed by atoms with van der Waals surface area (Å²) in [5, 5.41) is 12.3. The quantitative estimate of drug-likeness (QED) is 0.825. The van der Waals surface area contributed by atoms with E-state index in [1.54, 1.807) is 0 Å². The van der Waals surface area contributed by atoms with Gasteiger partial charge in [-0.2, -0.15) is 5.26 Å². The minimum absolute atomic E-state index is 0.110. The van der Waals surface area contributed by atoms with E-state index in [9.17, 15) is 0 Å². The average molecular weight is 270 g/mol. The molecule has 1 unspecified atom stereocenters. The number of nitriles is 1. The normalized spacial score (nSPS) is 19.6. The molecule has 3 heteroatoms. The van der Waals surface area contributed by atoms with Crippen molar-refractivity contribution in [2.45, 2.75) is 44.7 Å². The molecule has 20 heavy (non-hydrogen) atoms. The fourth-order valence-electron chi connectivity index (χ4n) is 2.92. The third-order valence-corrected chi connectivity index (χ3v) is 4.39. The molecule has 2 aliphatic rings. The Morgan fingerprint density at radius 3 is 2.30 bits per heavy atom. The predicted octanol–water partition coefficient (Wildman–Crippen LogP) is 3.43. The number of ether oxygens (including phenoxy) is 1. The Morgan fingerprint density at radius 1 is 1.20 bits per heavy atom. The minimum atomic E-state index is 0.110. The van der Waals surface area contributed by atoms with Crippen molar-refractivity contribution in [1.29, 1.82) is 5.26 Å². The molecule has 0 saturated heterocycles. The van der Waals surface area contributed by atoms with Crippen LogP contribution in [0.25, 0.3) is 0 Å². The van der Waals surface area contributed by atoms with Crippen molar-refractivity contribution in [2.75, 3.05) is 6.61 Å². The van der Waals surface area contributed by atoms with Crippen LogP contribution >= 0.6 is 0 Å². The molecule has 0 heterocycles. The van der Waals surface area contributed by atoms with Crippen LogP contribution in [0.15, 0.2) is 24.3 Å². The Morgan fingerprint density at radius 2 is 1.80 bits per heavy atom. The number of benzene rings is 1. The maximum atomic E-state index is 8.50. The topological polar surface area (TPSA) is 45.0 Å². The zero-order chi connectivity index (χ0) is 13.9. The smallest absolute Gasteiger partial charge is 0.174 e. The summed E-state index contributed by atoms with van der Waals surface area (Å²) in [6.45, 7) is 2.35. The summed E-state index contributed by atoms with van der Waals surface area (Å²) >= 11 is 0. The van der Waals surface area contributed by atoms with Gasteiger partial charge in [-0.25, -0.2) is 0 Å². The maximum absolute atomic E-state index is 8.50. The van der Waals surface area contributed by atoms with Gasteiger partial charge in [-0.3, -0.25) is 0 Å².